The van der Waals surface area contributed by atoms with E-state index in [4.69, 9.17) is 16.3 Å². The van der Waals surface area contributed by atoms with Crippen molar-refractivity contribution in [3.63, 3.8) is 0 Å². The molecule has 0 saturated carbocycles. The van der Waals surface area contributed by atoms with Crippen molar-refractivity contribution in [2.75, 3.05) is 39.2 Å². The predicted octanol–water partition coefficient (Wildman–Crippen LogP) is 1.42. The normalized spacial score (nSPS) is 19.8. The van der Waals surface area contributed by atoms with Gasteiger partial charge in [-0.3, -0.25) is 0 Å². The molecule has 1 aliphatic rings. The molecule has 0 amide bonds. The molecule has 0 radical (unpaired) electrons. The molecule has 1 aliphatic heterocycles. The van der Waals surface area contributed by atoms with Gasteiger partial charge in [0.05, 0.1) is 0 Å². The van der Waals surface area contributed by atoms with E-state index in [0.29, 0.717) is 23.6 Å². The Bertz CT molecular complexity index is 413. The Kier molecular flexibility index (Phi) is 4.37. The van der Waals surface area contributed by atoms with Gasteiger partial charge in [0.2, 0.25) is 0 Å². The Morgan fingerprint density at radius 1 is 1.50 bits per heavy atom. The second kappa shape index (κ2) is 5.82. The maximum atomic E-state index is 6.02. The van der Waals surface area contributed by atoms with Crippen LogP contribution in [0.4, 0.5) is 5.82 Å². The molecule has 0 aromatic carbocycles. The minimum atomic E-state index is 0.387. The quantitative estimate of drug-likeness (QED) is 0.774. The van der Waals surface area contributed by atoms with Gasteiger partial charge in [0.15, 0.2) is 5.82 Å². The summed E-state index contributed by atoms with van der Waals surface area (Å²) in [4.78, 5) is 13.1. The Morgan fingerprint density at radius 3 is 2.89 bits per heavy atom. The molecule has 2 heterocycles. The molecule has 1 atom stereocenters. The Morgan fingerprint density at radius 2 is 2.28 bits per heavy atom. The lowest BCUT2D eigenvalue weighted by Crippen LogP contribution is -2.31. The average Bonchev–Trinajstić information content (AvgIpc) is 2.78. The molecule has 6 heteroatoms. The van der Waals surface area contributed by atoms with Gasteiger partial charge in [-0.15, -0.1) is 0 Å². The van der Waals surface area contributed by atoms with Crippen LogP contribution in [-0.2, 0) is 11.3 Å². The standard InChI is InChI=1S/C12H19ClN4O/c1-16(2)9-4-5-17(7-9)12-6-10(13)14-11(15-12)8-18-3/h6,9H,4-5,7-8H2,1-3H3. The zero-order chi connectivity index (χ0) is 13.1. The molecule has 5 nitrogen and oxygen atoms in total. The average molecular weight is 271 g/mol. The lowest BCUT2D eigenvalue weighted by atomic mass is 10.2. The SMILES string of the molecule is COCc1nc(Cl)cc(N2CCC(N(C)C)C2)n1. The second-order valence-corrected chi connectivity index (χ2v) is 5.14. The van der Waals surface area contributed by atoms with Crippen LogP contribution in [-0.4, -0.2) is 55.2 Å². The third-order valence-electron chi connectivity index (χ3n) is 3.22. The molecule has 2 rings (SSSR count). The first-order valence-corrected chi connectivity index (χ1v) is 6.41. The molecule has 1 aromatic rings. The van der Waals surface area contributed by atoms with Crippen molar-refractivity contribution in [3.05, 3.63) is 17.0 Å². The lowest BCUT2D eigenvalue weighted by molar-refractivity contribution is 0.178. The smallest absolute Gasteiger partial charge is 0.158 e. The molecular formula is C12H19ClN4O. The molecule has 1 aromatic heterocycles. The van der Waals surface area contributed by atoms with Crippen molar-refractivity contribution >= 4 is 17.4 Å². The summed E-state index contributed by atoms with van der Waals surface area (Å²) in [5.41, 5.74) is 0. The summed E-state index contributed by atoms with van der Waals surface area (Å²) >= 11 is 6.02. The molecule has 1 fully saturated rings. The number of rotatable bonds is 4. The minimum Gasteiger partial charge on any atom is -0.377 e. The van der Waals surface area contributed by atoms with Crippen LogP contribution in [0.25, 0.3) is 0 Å². The van der Waals surface area contributed by atoms with E-state index in [1.54, 1.807) is 7.11 Å². The van der Waals surface area contributed by atoms with Gasteiger partial charge in [-0.2, -0.15) is 0 Å². The first-order valence-electron chi connectivity index (χ1n) is 6.04. The zero-order valence-electron chi connectivity index (χ0n) is 11.1. The molecule has 0 aliphatic carbocycles. The van der Waals surface area contributed by atoms with Gasteiger partial charge in [-0.25, -0.2) is 9.97 Å². The van der Waals surface area contributed by atoms with Crippen molar-refractivity contribution in [3.8, 4) is 0 Å². The molecule has 18 heavy (non-hydrogen) atoms. The number of hydrogen-bond acceptors (Lipinski definition) is 5. The molecule has 100 valence electrons. The third-order valence-corrected chi connectivity index (χ3v) is 3.41. The number of ether oxygens (including phenoxy) is 1. The maximum Gasteiger partial charge on any atom is 0.158 e. The van der Waals surface area contributed by atoms with Crippen LogP contribution in [0.3, 0.4) is 0 Å². The topological polar surface area (TPSA) is 41.5 Å². The van der Waals surface area contributed by atoms with Crippen molar-refractivity contribution in [1.82, 2.24) is 14.9 Å². The van der Waals surface area contributed by atoms with Gasteiger partial charge in [0.25, 0.3) is 0 Å². The van der Waals surface area contributed by atoms with Crippen molar-refractivity contribution in [1.29, 1.82) is 0 Å². The molecular weight excluding hydrogens is 252 g/mol. The Balaban J connectivity index is 2.13. The number of halogens is 1. The van der Waals surface area contributed by atoms with Crippen LogP contribution in [0.5, 0.6) is 0 Å². The summed E-state index contributed by atoms with van der Waals surface area (Å²) in [7, 11) is 5.84. The van der Waals surface area contributed by atoms with Crippen molar-refractivity contribution < 1.29 is 4.74 Å². The van der Waals surface area contributed by atoms with E-state index in [1.165, 1.54) is 0 Å². The molecule has 0 N–H and O–H groups in total. The van der Waals surface area contributed by atoms with Crippen LogP contribution < -0.4 is 4.90 Å². The van der Waals surface area contributed by atoms with Crippen LogP contribution in [0.15, 0.2) is 6.07 Å². The lowest BCUT2D eigenvalue weighted by Gasteiger charge is -2.21. The van der Waals surface area contributed by atoms with E-state index in [9.17, 15) is 0 Å². The summed E-state index contributed by atoms with van der Waals surface area (Å²) in [6.45, 7) is 2.37. The summed E-state index contributed by atoms with van der Waals surface area (Å²) in [6.07, 6.45) is 1.15. The Hall–Kier alpha value is -0.910. The van der Waals surface area contributed by atoms with E-state index in [1.807, 2.05) is 6.07 Å². The van der Waals surface area contributed by atoms with Gasteiger partial charge >= 0.3 is 0 Å². The van der Waals surface area contributed by atoms with Crippen LogP contribution in [0, 0.1) is 0 Å². The van der Waals surface area contributed by atoms with Crippen molar-refractivity contribution in [2.45, 2.75) is 19.1 Å². The number of hydrogen-bond donors (Lipinski definition) is 0. The Labute approximate surface area is 113 Å². The molecule has 0 bridgehead atoms. The summed E-state index contributed by atoms with van der Waals surface area (Å²) in [6, 6.07) is 2.39. The zero-order valence-corrected chi connectivity index (χ0v) is 11.8. The minimum absolute atomic E-state index is 0.387. The fourth-order valence-corrected chi connectivity index (χ4v) is 2.37. The molecule has 1 unspecified atom stereocenters. The van der Waals surface area contributed by atoms with E-state index < -0.39 is 0 Å². The fraction of sp³-hybridized carbons (Fsp3) is 0.667. The predicted molar refractivity (Wildman–Crippen MR) is 72.1 cm³/mol. The number of nitrogens with zero attached hydrogens (tertiary/aromatic N) is 4. The van der Waals surface area contributed by atoms with Crippen LogP contribution in [0.1, 0.15) is 12.2 Å². The fourth-order valence-electron chi connectivity index (χ4n) is 2.18. The van der Waals surface area contributed by atoms with Gasteiger partial charge in [-0.05, 0) is 20.5 Å². The summed E-state index contributed by atoms with van der Waals surface area (Å²) in [5, 5.41) is 0.473. The maximum absolute atomic E-state index is 6.02. The van der Waals surface area contributed by atoms with E-state index in [0.717, 1.165) is 25.3 Å². The van der Waals surface area contributed by atoms with Gasteiger partial charge in [0, 0.05) is 32.3 Å². The highest BCUT2D eigenvalue weighted by Gasteiger charge is 2.25. The van der Waals surface area contributed by atoms with E-state index in [2.05, 4.69) is 33.9 Å². The monoisotopic (exact) mass is 270 g/mol. The van der Waals surface area contributed by atoms with E-state index in [-0.39, 0.29) is 0 Å². The first-order chi connectivity index (χ1) is 8.60. The highest BCUT2D eigenvalue weighted by Crippen LogP contribution is 2.22. The molecule has 0 spiro atoms. The van der Waals surface area contributed by atoms with Crippen molar-refractivity contribution in [2.24, 2.45) is 0 Å². The number of aromatic nitrogens is 2. The van der Waals surface area contributed by atoms with Crippen LogP contribution >= 0.6 is 11.6 Å². The summed E-state index contributed by atoms with van der Waals surface area (Å²) < 4.78 is 5.05. The van der Waals surface area contributed by atoms with Gasteiger partial charge in [-0.1, -0.05) is 11.6 Å². The molecule has 1 saturated heterocycles. The van der Waals surface area contributed by atoms with Gasteiger partial charge in [0.1, 0.15) is 17.6 Å². The highest BCUT2D eigenvalue weighted by molar-refractivity contribution is 6.29. The van der Waals surface area contributed by atoms with Gasteiger partial charge < -0.3 is 14.5 Å². The number of likely N-dealkylation sites (N-methyl/N-ethyl adjacent to an activating group) is 1. The number of anilines is 1. The third kappa shape index (κ3) is 3.10. The highest BCUT2D eigenvalue weighted by atomic mass is 35.5. The summed E-state index contributed by atoms with van der Waals surface area (Å²) in [5.74, 6) is 1.53. The number of methoxy groups -OCH3 is 1. The van der Waals surface area contributed by atoms with Crippen LogP contribution in [0.2, 0.25) is 5.15 Å². The van der Waals surface area contributed by atoms with E-state index >= 15 is 0 Å². The second-order valence-electron chi connectivity index (χ2n) is 4.75. The largest absolute Gasteiger partial charge is 0.377 e. The first kappa shape index (κ1) is 13.5.